The van der Waals surface area contributed by atoms with E-state index in [-0.39, 0.29) is 0 Å². The minimum absolute atomic E-state index is 0.727. The van der Waals surface area contributed by atoms with Crippen molar-refractivity contribution in [2.45, 2.75) is 0 Å². The third-order valence-electron chi connectivity index (χ3n) is 2.68. The summed E-state index contributed by atoms with van der Waals surface area (Å²) in [6.07, 6.45) is 1.80. The summed E-state index contributed by atoms with van der Waals surface area (Å²) in [6, 6.07) is 18.9. The molecule has 0 aliphatic rings. The van der Waals surface area contributed by atoms with Crippen molar-refractivity contribution >= 4 is 22.5 Å². The van der Waals surface area contributed by atoms with Crippen LogP contribution in [0.4, 0.5) is 0 Å². The number of fused-ring (bicyclic) bond motifs is 1. The molecule has 0 N–H and O–H groups in total. The minimum atomic E-state index is 0.727. The monoisotopic (exact) mass is 238 g/mol. The van der Waals surface area contributed by atoms with Crippen LogP contribution in [0.25, 0.3) is 22.0 Å². The van der Waals surface area contributed by atoms with Crippen LogP contribution in [0.5, 0.6) is 0 Å². The summed E-state index contributed by atoms with van der Waals surface area (Å²) in [5, 5.41) is 1.85. The van der Waals surface area contributed by atoms with E-state index in [9.17, 15) is 0 Å². The lowest BCUT2D eigenvalue weighted by Crippen LogP contribution is -1.81. The van der Waals surface area contributed by atoms with Gasteiger partial charge in [-0.25, -0.2) is 0 Å². The van der Waals surface area contributed by atoms with E-state index in [2.05, 4.69) is 23.2 Å². The predicted octanol–water partition coefficient (Wildman–Crippen LogP) is 4.36. The molecule has 2 heteroatoms. The Morgan fingerprint density at radius 2 is 2.00 bits per heavy atom. The SMILES string of the molecule is Clc1cc[c]c(-c2ccc3ncccc3c2)c1. The maximum absolute atomic E-state index is 5.98. The predicted molar refractivity (Wildman–Crippen MR) is 71.0 cm³/mol. The largest absolute Gasteiger partial charge is 0.256 e. The first kappa shape index (κ1) is 10.3. The van der Waals surface area contributed by atoms with Crippen LogP contribution in [0.1, 0.15) is 0 Å². The molecule has 0 aliphatic heterocycles. The summed E-state index contributed by atoms with van der Waals surface area (Å²) in [6.45, 7) is 0. The molecule has 0 saturated carbocycles. The van der Waals surface area contributed by atoms with Crippen molar-refractivity contribution in [3.63, 3.8) is 0 Å². The molecule has 0 spiro atoms. The molecule has 0 unspecified atom stereocenters. The van der Waals surface area contributed by atoms with E-state index in [0.717, 1.165) is 27.1 Å². The average Bonchev–Trinajstić information content (AvgIpc) is 2.38. The zero-order valence-corrected chi connectivity index (χ0v) is 9.78. The van der Waals surface area contributed by atoms with Crippen molar-refractivity contribution in [3.8, 4) is 11.1 Å². The number of aromatic nitrogens is 1. The van der Waals surface area contributed by atoms with Gasteiger partial charge in [-0.2, -0.15) is 0 Å². The summed E-state index contributed by atoms with van der Waals surface area (Å²) >= 11 is 5.98. The van der Waals surface area contributed by atoms with Gasteiger partial charge in [0.25, 0.3) is 0 Å². The normalized spacial score (nSPS) is 10.6. The van der Waals surface area contributed by atoms with Crippen LogP contribution in [0.2, 0.25) is 5.02 Å². The summed E-state index contributed by atoms with van der Waals surface area (Å²) in [4.78, 5) is 4.30. The van der Waals surface area contributed by atoms with Gasteiger partial charge < -0.3 is 0 Å². The van der Waals surface area contributed by atoms with Crippen LogP contribution in [-0.2, 0) is 0 Å². The van der Waals surface area contributed by atoms with Crippen molar-refractivity contribution in [1.82, 2.24) is 4.98 Å². The Morgan fingerprint density at radius 1 is 1.06 bits per heavy atom. The average molecular weight is 239 g/mol. The Balaban J connectivity index is 2.18. The summed E-state index contributed by atoms with van der Waals surface area (Å²) < 4.78 is 0. The highest BCUT2D eigenvalue weighted by Crippen LogP contribution is 2.25. The van der Waals surface area contributed by atoms with Gasteiger partial charge in [0.1, 0.15) is 0 Å². The fraction of sp³-hybridized carbons (Fsp3) is 0. The van der Waals surface area contributed by atoms with E-state index in [0.29, 0.717) is 0 Å². The number of hydrogen-bond donors (Lipinski definition) is 0. The van der Waals surface area contributed by atoms with Gasteiger partial charge in [-0.1, -0.05) is 29.8 Å². The topological polar surface area (TPSA) is 12.9 Å². The van der Waals surface area contributed by atoms with Crippen LogP contribution in [0.15, 0.2) is 54.7 Å². The molecule has 0 aliphatic carbocycles. The van der Waals surface area contributed by atoms with Crippen molar-refractivity contribution in [1.29, 1.82) is 0 Å². The zero-order chi connectivity index (χ0) is 11.7. The Hall–Kier alpha value is -1.86. The van der Waals surface area contributed by atoms with Gasteiger partial charge in [0.05, 0.1) is 5.52 Å². The molecule has 1 radical (unpaired) electrons. The zero-order valence-electron chi connectivity index (χ0n) is 9.02. The molecule has 81 valence electrons. The lowest BCUT2D eigenvalue weighted by molar-refractivity contribution is 1.41. The maximum atomic E-state index is 5.98. The van der Waals surface area contributed by atoms with Crippen LogP contribution in [-0.4, -0.2) is 4.98 Å². The number of rotatable bonds is 1. The van der Waals surface area contributed by atoms with Crippen molar-refractivity contribution in [2.24, 2.45) is 0 Å². The van der Waals surface area contributed by atoms with E-state index >= 15 is 0 Å². The Labute approximate surface area is 105 Å². The molecule has 1 heterocycles. The van der Waals surface area contributed by atoms with Gasteiger partial charge in [-0.05, 0) is 47.5 Å². The molecular weight excluding hydrogens is 230 g/mol. The molecule has 0 bridgehead atoms. The van der Waals surface area contributed by atoms with Gasteiger partial charge >= 0.3 is 0 Å². The third-order valence-corrected chi connectivity index (χ3v) is 2.91. The molecule has 17 heavy (non-hydrogen) atoms. The van der Waals surface area contributed by atoms with Gasteiger partial charge in [0.2, 0.25) is 0 Å². The van der Waals surface area contributed by atoms with Gasteiger partial charge in [-0.3, -0.25) is 4.98 Å². The Kier molecular flexibility index (Phi) is 2.54. The summed E-state index contributed by atoms with van der Waals surface area (Å²) in [7, 11) is 0. The second kappa shape index (κ2) is 4.19. The first-order chi connectivity index (χ1) is 8.33. The van der Waals surface area contributed by atoms with Crippen molar-refractivity contribution in [3.05, 3.63) is 65.8 Å². The molecule has 1 aromatic heterocycles. The maximum Gasteiger partial charge on any atom is 0.0702 e. The van der Waals surface area contributed by atoms with Gasteiger partial charge in [0.15, 0.2) is 0 Å². The van der Waals surface area contributed by atoms with E-state index in [4.69, 9.17) is 11.6 Å². The minimum Gasteiger partial charge on any atom is -0.256 e. The molecule has 3 aromatic rings. The first-order valence-corrected chi connectivity index (χ1v) is 5.73. The number of halogens is 1. The van der Waals surface area contributed by atoms with Crippen molar-refractivity contribution < 1.29 is 0 Å². The number of benzene rings is 2. The number of hydrogen-bond acceptors (Lipinski definition) is 1. The standard InChI is InChI=1S/C15H9ClN/c16-14-5-1-3-11(10-14)12-6-7-15-13(9-12)4-2-8-17-15/h1-2,4-10H. The third kappa shape index (κ3) is 2.02. The summed E-state index contributed by atoms with van der Waals surface area (Å²) in [5.41, 5.74) is 3.11. The molecule has 2 aromatic carbocycles. The molecule has 0 fully saturated rings. The number of pyridine rings is 1. The fourth-order valence-electron chi connectivity index (χ4n) is 1.85. The molecular formula is C15H9ClN. The van der Waals surface area contributed by atoms with E-state index < -0.39 is 0 Å². The highest BCUT2D eigenvalue weighted by atomic mass is 35.5. The first-order valence-electron chi connectivity index (χ1n) is 5.35. The van der Waals surface area contributed by atoms with Crippen molar-refractivity contribution in [2.75, 3.05) is 0 Å². The summed E-state index contributed by atoms with van der Waals surface area (Å²) in [5.74, 6) is 0. The van der Waals surface area contributed by atoms with E-state index in [1.165, 1.54) is 0 Å². The molecule has 0 atom stereocenters. The van der Waals surface area contributed by atoms with Crippen LogP contribution in [0.3, 0.4) is 0 Å². The Bertz CT molecular complexity index is 676. The second-order valence-electron chi connectivity index (χ2n) is 3.83. The highest BCUT2D eigenvalue weighted by Gasteiger charge is 2.00. The molecule has 3 rings (SSSR count). The lowest BCUT2D eigenvalue weighted by Gasteiger charge is -2.03. The number of nitrogens with zero attached hydrogens (tertiary/aromatic N) is 1. The Morgan fingerprint density at radius 3 is 2.88 bits per heavy atom. The molecule has 0 saturated heterocycles. The van der Waals surface area contributed by atoms with Gasteiger partial charge in [0, 0.05) is 16.6 Å². The van der Waals surface area contributed by atoms with Crippen LogP contribution in [0, 0.1) is 6.07 Å². The van der Waals surface area contributed by atoms with Gasteiger partial charge in [-0.15, -0.1) is 0 Å². The van der Waals surface area contributed by atoms with Crippen LogP contribution < -0.4 is 0 Å². The molecule has 1 nitrogen and oxygen atoms in total. The van der Waals surface area contributed by atoms with Crippen LogP contribution >= 0.6 is 11.6 Å². The highest BCUT2D eigenvalue weighted by molar-refractivity contribution is 6.30. The van der Waals surface area contributed by atoms with E-state index in [1.54, 1.807) is 6.20 Å². The quantitative estimate of drug-likeness (QED) is 0.614. The fourth-order valence-corrected chi connectivity index (χ4v) is 2.02. The lowest BCUT2D eigenvalue weighted by atomic mass is 10.0. The second-order valence-corrected chi connectivity index (χ2v) is 4.27. The molecule has 0 amide bonds. The van der Waals surface area contributed by atoms with E-state index in [1.807, 2.05) is 36.4 Å². The smallest absolute Gasteiger partial charge is 0.0702 e.